The third-order valence-electron chi connectivity index (χ3n) is 2.53. The van der Waals surface area contributed by atoms with Gasteiger partial charge < -0.3 is 0 Å². The second kappa shape index (κ2) is 8.81. The summed E-state index contributed by atoms with van der Waals surface area (Å²) in [6.45, 7) is 5.54. The summed E-state index contributed by atoms with van der Waals surface area (Å²) in [5, 5.41) is 0. The van der Waals surface area contributed by atoms with Gasteiger partial charge in [-0.15, -0.1) is 0 Å². The highest BCUT2D eigenvalue weighted by molar-refractivity contribution is 8.26. The van der Waals surface area contributed by atoms with Gasteiger partial charge in [-0.05, 0) is 12.8 Å². The summed E-state index contributed by atoms with van der Waals surface area (Å²) in [7, 11) is 0.409. The average Bonchev–Trinajstić information content (AvgIpc) is 2.16. The van der Waals surface area contributed by atoms with Crippen molar-refractivity contribution in [2.24, 2.45) is 0 Å². The van der Waals surface area contributed by atoms with Crippen LogP contribution >= 0.6 is 15.1 Å². The standard InChI is InChI=1S/C11H25OP2/c1-4-5-6-7-8-9-10-11-14(2,3)13-12/h4-11H2,1-3H3/q+1. The van der Waals surface area contributed by atoms with Crippen molar-refractivity contribution in [3.63, 3.8) is 0 Å². The lowest BCUT2D eigenvalue weighted by atomic mass is 10.1. The molecule has 0 spiro atoms. The Bertz CT molecular complexity index is 146. The molecule has 0 amide bonds. The van der Waals surface area contributed by atoms with Crippen LogP contribution in [0.4, 0.5) is 0 Å². The van der Waals surface area contributed by atoms with E-state index in [9.17, 15) is 4.57 Å². The van der Waals surface area contributed by atoms with Crippen LogP contribution in [-0.4, -0.2) is 19.5 Å². The largest absolute Gasteiger partial charge is 0.343 e. The maximum absolute atomic E-state index is 10.8. The topological polar surface area (TPSA) is 17.1 Å². The van der Waals surface area contributed by atoms with Gasteiger partial charge in [-0.3, -0.25) is 0 Å². The molecular weight excluding hydrogens is 210 g/mol. The highest BCUT2D eigenvalue weighted by Gasteiger charge is 2.25. The molecule has 0 aliphatic heterocycles. The lowest BCUT2D eigenvalue weighted by Gasteiger charge is -2.07. The zero-order chi connectivity index (χ0) is 10.9. The molecule has 84 valence electrons. The van der Waals surface area contributed by atoms with E-state index in [2.05, 4.69) is 20.3 Å². The molecule has 0 aliphatic carbocycles. The van der Waals surface area contributed by atoms with Gasteiger partial charge in [0.2, 0.25) is 0 Å². The van der Waals surface area contributed by atoms with Gasteiger partial charge in [-0.25, -0.2) is 4.57 Å². The lowest BCUT2D eigenvalue weighted by Crippen LogP contribution is -1.89. The number of hydrogen-bond donors (Lipinski definition) is 0. The minimum absolute atomic E-state index is 0.409. The van der Waals surface area contributed by atoms with Gasteiger partial charge in [-0.1, -0.05) is 39.0 Å². The minimum Gasteiger partial charge on any atom is -0.226 e. The van der Waals surface area contributed by atoms with E-state index < -0.39 is 6.95 Å². The number of rotatable bonds is 9. The Morgan fingerprint density at radius 1 is 0.929 bits per heavy atom. The highest BCUT2D eigenvalue weighted by Crippen LogP contribution is 2.63. The molecule has 0 aromatic rings. The quantitative estimate of drug-likeness (QED) is 0.395. The van der Waals surface area contributed by atoms with Crippen LogP contribution in [0.25, 0.3) is 0 Å². The second-order valence-electron chi connectivity index (χ2n) is 4.55. The van der Waals surface area contributed by atoms with Crippen LogP contribution in [0.2, 0.25) is 0 Å². The fourth-order valence-electron chi connectivity index (χ4n) is 1.50. The fraction of sp³-hybridized carbons (Fsp3) is 1.00. The Labute approximate surface area is 91.5 Å². The molecule has 0 saturated carbocycles. The van der Waals surface area contributed by atoms with E-state index in [0.717, 1.165) is 0 Å². The van der Waals surface area contributed by atoms with Crippen LogP contribution in [0.5, 0.6) is 0 Å². The first kappa shape index (κ1) is 14.5. The molecular formula is C11H25OP2+. The molecule has 0 bridgehead atoms. The smallest absolute Gasteiger partial charge is 0.226 e. The summed E-state index contributed by atoms with van der Waals surface area (Å²) in [5.74, 6) is 0. The Morgan fingerprint density at radius 2 is 1.43 bits per heavy atom. The molecule has 0 aliphatic rings. The molecule has 0 rings (SSSR count). The molecule has 0 aromatic heterocycles. The first-order valence-electron chi connectivity index (χ1n) is 5.80. The molecule has 0 atom stereocenters. The monoisotopic (exact) mass is 235 g/mol. The van der Waals surface area contributed by atoms with E-state index in [0.29, 0.717) is 8.15 Å². The summed E-state index contributed by atoms with van der Waals surface area (Å²) in [5.41, 5.74) is 0. The predicted octanol–water partition coefficient (Wildman–Crippen LogP) is 5.22. The Morgan fingerprint density at radius 3 is 1.93 bits per heavy atom. The maximum atomic E-state index is 10.8. The van der Waals surface area contributed by atoms with Crippen LogP contribution in [-0.2, 0) is 4.57 Å². The van der Waals surface area contributed by atoms with Gasteiger partial charge in [0.1, 0.15) is 6.95 Å². The zero-order valence-electron chi connectivity index (χ0n) is 9.96. The number of unbranched alkanes of at least 4 members (excludes halogenated alkanes) is 6. The van der Waals surface area contributed by atoms with Crippen LogP contribution in [0.3, 0.4) is 0 Å². The molecule has 0 fully saturated rings. The van der Waals surface area contributed by atoms with E-state index in [1.807, 2.05) is 0 Å². The van der Waals surface area contributed by atoms with Crippen molar-refractivity contribution in [1.29, 1.82) is 0 Å². The van der Waals surface area contributed by atoms with Crippen LogP contribution in [0.15, 0.2) is 0 Å². The molecule has 1 nitrogen and oxygen atoms in total. The first-order valence-corrected chi connectivity index (χ1v) is 10.2. The average molecular weight is 235 g/mol. The summed E-state index contributed by atoms with van der Waals surface area (Å²) >= 11 is 0. The Balaban J connectivity index is 3.17. The van der Waals surface area contributed by atoms with Crippen molar-refractivity contribution in [3.05, 3.63) is 0 Å². The van der Waals surface area contributed by atoms with Crippen molar-refractivity contribution in [2.75, 3.05) is 19.5 Å². The van der Waals surface area contributed by atoms with E-state index in [1.165, 1.54) is 51.1 Å². The van der Waals surface area contributed by atoms with Crippen molar-refractivity contribution >= 4 is 15.1 Å². The molecule has 0 aromatic carbocycles. The minimum atomic E-state index is -1.07. The van der Waals surface area contributed by atoms with Crippen molar-refractivity contribution in [1.82, 2.24) is 0 Å². The molecule has 0 unspecified atom stereocenters. The third kappa shape index (κ3) is 9.10. The van der Waals surface area contributed by atoms with Crippen molar-refractivity contribution < 1.29 is 4.57 Å². The Hall–Kier alpha value is 0.530. The molecule has 0 saturated heterocycles. The van der Waals surface area contributed by atoms with Crippen LogP contribution in [0, 0.1) is 0 Å². The fourth-order valence-corrected chi connectivity index (χ4v) is 3.25. The predicted molar refractivity (Wildman–Crippen MR) is 69.2 cm³/mol. The number of hydrogen-bond acceptors (Lipinski definition) is 1. The molecule has 3 heteroatoms. The van der Waals surface area contributed by atoms with Gasteiger partial charge >= 0.3 is 8.15 Å². The van der Waals surface area contributed by atoms with Gasteiger partial charge in [0.15, 0.2) is 0 Å². The molecule has 14 heavy (non-hydrogen) atoms. The van der Waals surface area contributed by atoms with E-state index in [-0.39, 0.29) is 0 Å². The van der Waals surface area contributed by atoms with Crippen LogP contribution < -0.4 is 0 Å². The highest BCUT2D eigenvalue weighted by atomic mass is 32.1. The van der Waals surface area contributed by atoms with Crippen LogP contribution in [0.1, 0.15) is 51.9 Å². The normalized spacial score (nSPS) is 12.2. The van der Waals surface area contributed by atoms with E-state index in [4.69, 9.17) is 0 Å². The molecule has 0 heterocycles. The zero-order valence-corrected chi connectivity index (χ0v) is 11.7. The SMILES string of the molecule is CCCCCCCCC[P+](C)(C)P=O. The summed E-state index contributed by atoms with van der Waals surface area (Å²) in [6, 6.07) is 0. The van der Waals surface area contributed by atoms with Crippen molar-refractivity contribution in [3.8, 4) is 0 Å². The van der Waals surface area contributed by atoms with Gasteiger partial charge in [0.05, 0.1) is 19.5 Å². The summed E-state index contributed by atoms with van der Waals surface area (Å²) < 4.78 is 10.8. The molecule has 0 radical (unpaired) electrons. The van der Waals surface area contributed by atoms with Gasteiger partial charge in [-0.2, -0.15) is 0 Å². The van der Waals surface area contributed by atoms with Crippen molar-refractivity contribution in [2.45, 2.75) is 51.9 Å². The Kier molecular flexibility index (Phi) is 9.14. The van der Waals surface area contributed by atoms with Gasteiger partial charge in [0.25, 0.3) is 0 Å². The first-order chi connectivity index (χ1) is 6.62. The second-order valence-corrected chi connectivity index (χ2v) is 12.1. The van der Waals surface area contributed by atoms with E-state index >= 15 is 0 Å². The van der Waals surface area contributed by atoms with E-state index in [1.54, 1.807) is 0 Å². The molecule has 0 N–H and O–H groups in total. The maximum Gasteiger partial charge on any atom is 0.343 e. The lowest BCUT2D eigenvalue weighted by molar-refractivity contribution is 0.601. The third-order valence-corrected chi connectivity index (χ3v) is 6.31. The van der Waals surface area contributed by atoms with Gasteiger partial charge in [0, 0.05) is 0 Å². The summed E-state index contributed by atoms with van der Waals surface area (Å²) in [6.07, 6.45) is 10.7. The summed E-state index contributed by atoms with van der Waals surface area (Å²) in [4.78, 5) is 0.